The van der Waals surface area contributed by atoms with Gasteiger partial charge in [0, 0.05) is 22.8 Å². The van der Waals surface area contributed by atoms with E-state index in [9.17, 15) is 4.79 Å². The molecule has 0 spiro atoms. The minimum atomic E-state index is -0.227. The number of carbonyl (C=O) groups excluding carboxylic acids is 1. The average Bonchev–Trinajstić information content (AvgIpc) is 3.09. The summed E-state index contributed by atoms with van der Waals surface area (Å²) in [5, 5.41) is 3.46. The van der Waals surface area contributed by atoms with E-state index in [1.807, 2.05) is 24.3 Å². The summed E-state index contributed by atoms with van der Waals surface area (Å²) >= 11 is 5.88. The first-order valence-electron chi connectivity index (χ1n) is 7.28. The van der Waals surface area contributed by atoms with Crippen LogP contribution in [0.5, 0.6) is 5.88 Å². The Morgan fingerprint density at radius 2 is 1.96 bits per heavy atom. The minimum absolute atomic E-state index is 0.227. The van der Waals surface area contributed by atoms with Crippen LogP contribution >= 0.6 is 11.6 Å². The van der Waals surface area contributed by atoms with Crippen molar-refractivity contribution in [3.63, 3.8) is 0 Å². The summed E-state index contributed by atoms with van der Waals surface area (Å²) in [7, 11) is 1.53. The maximum Gasteiger partial charge on any atom is 0.253 e. The lowest BCUT2D eigenvalue weighted by atomic mass is 10.2. The van der Waals surface area contributed by atoms with Gasteiger partial charge in [-0.2, -0.15) is 0 Å². The summed E-state index contributed by atoms with van der Waals surface area (Å²) in [5.41, 5.74) is 1.39. The number of hydrogen-bond donors (Lipinski definition) is 1. The predicted octanol–water partition coefficient (Wildman–Crippen LogP) is 3.93. The number of halogens is 1. The topological polar surface area (TPSA) is 64.4 Å². The molecule has 2 aromatic heterocycles. The molecule has 24 heavy (non-hydrogen) atoms. The highest BCUT2D eigenvalue weighted by Crippen LogP contribution is 2.23. The first-order chi connectivity index (χ1) is 11.7. The number of furan rings is 1. The number of rotatable bonds is 5. The van der Waals surface area contributed by atoms with E-state index in [-0.39, 0.29) is 5.91 Å². The van der Waals surface area contributed by atoms with Crippen LogP contribution in [0.15, 0.2) is 59.1 Å². The summed E-state index contributed by atoms with van der Waals surface area (Å²) < 4.78 is 10.7. The highest BCUT2D eigenvalue weighted by molar-refractivity contribution is 6.30. The molecule has 0 aliphatic carbocycles. The van der Waals surface area contributed by atoms with E-state index < -0.39 is 0 Å². The van der Waals surface area contributed by atoms with Crippen molar-refractivity contribution in [1.82, 2.24) is 10.3 Å². The number of hydrogen-bond acceptors (Lipinski definition) is 4. The molecule has 3 aromatic rings. The highest BCUT2D eigenvalue weighted by Gasteiger charge is 2.09. The van der Waals surface area contributed by atoms with Crippen molar-refractivity contribution in [2.75, 3.05) is 7.11 Å². The number of nitrogens with one attached hydrogen (secondary N) is 1. The van der Waals surface area contributed by atoms with Crippen LogP contribution in [0.3, 0.4) is 0 Å². The zero-order chi connectivity index (χ0) is 16.9. The molecule has 1 aromatic carbocycles. The molecule has 1 amide bonds. The predicted molar refractivity (Wildman–Crippen MR) is 91.1 cm³/mol. The molecule has 0 aliphatic rings. The van der Waals surface area contributed by atoms with Crippen LogP contribution < -0.4 is 10.1 Å². The number of carbonyl (C=O) groups is 1. The second-order valence-electron chi connectivity index (χ2n) is 5.04. The molecule has 0 fully saturated rings. The molecule has 5 nitrogen and oxygen atoms in total. The molecule has 0 saturated carbocycles. The van der Waals surface area contributed by atoms with Gasteiger partial charge in [-0.25, -0.2) is 4.98 Å². The second-order valence-corrected chi connectivity index (χ2v) is 5.48. The fraction of sp³-hybridized carbons (Fsp3) is 0.111. The molecule has 0 saturated heterocycles. The van der Waals surface area contributed by atoms with Crippen LogP contribution in [0.2, 0.25) is 5.02 Å². The SMILES string of the molecule is COc1ccc(C(=O)NCc2ccc(-c3ccc(Cl)cc3)o2)cn1. The van der Waals surface area contributed by atoms with Gasteiger partial charge in [-0.3, -0.25) is 4.79 Å². The van der Waals surface area contributed by atoms with Crippen LogP contribution in [0.4, 0.5) is 0 Å². The number of pyridine rings is 1. The maximum absolute atomic E-state index is 12.1. The molecule has 6 heteroatoms. The van der Waals surface area contributed by atoms with E-state index in [0.29, 0.717) is 28.8 Å². The highest BCUT2D eigenvalue weighted by atomic mass is 35.5. The number of aromatic nitrogens is 1. The fourth-order valence-electron chi connectivity index (χ4n) is 2.15. The Hall–Kier alpha value is -2.79. The Bertz CT molecular complexity index is 826. The van der Waals surface area contributed by atoms with Crippen molar-refractivity contribution < 1.29 is 13.9 Å². The van der Waals surface area contributed by atoms with E-state index in [4.69, 9.17) is 20.8 Å². The average molecular weight is 343 g/mol. The third-order valence-corrected chi connectivity index (χ3v) is 3.67. The van der Waals surface area contributed by atoms with Crippen LogP contribution in [-0.2, 0) is 6.54 Å². The molecule has 0 unspecified atom stereocenters. The maximum atomic E-state index is 12.1. The van der Waals surface area contributed by atoms with Crippen molar-refractivity contribution >= 4 is 17.5 Å². The normalized spacial score (nSPS) is 10.4. The molecule has 0 radical (unpaired) electrons. The minimum Gasteiger partial charge on any atom is -0.481 e. The Balaban J connectivity index is 1.62. The zero-order valence-corrected chi connectivity index (χ0v) is 13.7. The van der Waals surface area contributed by atoms with E-state index >= 15 is 0 Å². The number of amides is 1. The van der Waals surface area contributed by atoms with Gasteiger partial charge in [-0.1, -0.05) is 11.6 Å². The van der Waals surface area contributed by atoms with E-state index in [1.54, 1.807) is 24.3 Å². The van der Waals surface area contributed by atoms with Crippen molar-refractivity contribution in [2.24, 2.45) is 0 Å². The van der Waals surface area contributed by atoms with Gasteiger partial charge in [0.15, 0.2) is 0 Å². The van der Waals surface area contributed by atoms with Gasteiger partial charge in [0.05, 0.1) is 19.2 Å². The van der Waals surface area contributed by atoms with Crippen molar-refractivity contribution in [2.45, 2.75) is 6.54 Å². The standard InChI is InChI=1S/C18H15ClN2O3/c1-23-17-9-4-13(10-20-17)18(22)21-11-15-7-8-16(24-15)12-2-5-14(19)6-3-12/h2-10H,11H2,1H3,(H,21,22). The third-order valence-electron chi connectivity index (χ3n) is 3.42. The van der Waals surface area contributed by atoms with E-state index in [1.165, 1.54) is 13.3 Å². The number of benzene rings is 1. The summed E-state index contributed by atoms with van der Waals surface area (Å²) in [6.07, 6.45) is 1.47. The number of methoxy groups -OCH3 is 1. The largest absolute Gasteiger partial charge is 0.481 e. The Morgan fingerprint density at radius 3 is 2.62 bits per heavy atom. The Kier molecular flexibility index (Phi) is 4.82. The van der Waals surface area contributed by atoms with Gasteiger partial charge in [0.1, 0.15) is 11.5 Å². The molecular formula is C18H15ClN2O3. The van der Waals surface area contributed by atoms with Gasteiger partial charge < -0.3 is 14.5 Å². The molecule has 2 heterocycles. The smallest absolute Gasteiger partial charge is 0.253 e. The van der Waals surface area contributed by atoms with Gasteiger partial charge in [0.2, 0.25) is 5.88 Å². The monoisotopic (exact) mass is 342 g/mol. The van der Waals surface area contributed by atoms with Crippen LogP contribution in [-0.4, -0.2) is 18.0 Å². The zero-order valence-electron chi connectivity index (χ0n) is 13.0. The van der Waals surface area contributed by atoms with Crippen LogP contribution in [0, 0.1) is 0 Å². The third kappa shape index (κ3) is 3.75. The fourth-order valence-corrected chi connectivity index (χ4v) is 2.27. The summed E-state index contributed by atoms with van der Waals surface area (Å²) in [5.74, 6) is 1.62. The first-order valence-corrected chi connectivity index (χ1v) is 7.66. The Morgan fingerprint density at radius 1 is 1.17 bits per heavy atom. The molecule has 1 N–H and O–H groups in total. The van der Waals surface area contributed by atoms with Gasteiger partial charge in [0.25, 0.3) is 5.91 Å². The summed E-state index contributed by atoms with van der Waals surface area (Å²) in [6, 6.07) is 14.4. The van der Waals surface area contributed by atoms with Crippen molar-refractivity contribution in [1.29, 1.82) is 0 Å². The second kappa shape index (κ2) is 7.19. The molecular weight excluding hydrogens is 328 g/mol. The van der Waals surface area contributed by atoms with Crippen LogP contribution in [0.25, 0.3) is 11.3 Å². The summed E-state index contributed by atoms with van der Waals surface area (Å²) in [4.78, 5) is 16.1. The number of ether oxygens (including phenoxy) is 1. The first kappa shape index (κ1) is 16.1. The molecule has 3 rings (SSSR count). The quantitative estimate of drug-likeness (QED) is 0.763. The van der Waals surface area contributed by atoms with Crippen LogP contribution in [0.1, 0.15) is 16.1 Å². The van der Waals surface area contributed by atoms with Gasteiger partial charge >= 0.3 is 0 Å². The molecule has 0 bridgehead atoms. The van der Waals surface area contributed by atoms with Crippen molar-refractivity contribution in [3.8, 4) is 17.2 Å². The molecule has 0 aliphatic heterocycles. The van der Waals surface area contributed by atoms with E-state index in [0.717, 1.165) is 11.3 Å². The molecule has 0 atom stereocenters. The lowest BCUT2D eigenvalue weighted by Crippen LogP contribution is -2.22. The van der Waals surface area contributed by atoms with E-state index in [2.05, 4.69) is 10.3 Å². The van der Waals surface area contributed by atoms with Crippen molar-refractivity contribution in [3.05, 3.63) is 71.1 Å². The molecule has 122 valence electrons. The summed E-state index contributed by atoms with van der Waals surface area (Å²) in [6.45, 7) is 0.290. The van der Waals surface area contributed by atoms with Gasteiger partial charge in [-0.05, 0) is 42.5 Å². The Labute approximate surface area is 144 Å². The van der Waals surface area contributed by atoms with Gasteiger partial charge in [-0.15, -0.1) is 0 Å². The lowest BCUT2D eigenvalue weighted by Gasteiger charge is -2.04. The number of nitrogens with zero attached hydrogens (tertiary/aromatic N) is 1. The lowest BCUT2D eigenvalue weighted by molar-refractivity contribution is 0.0947.